The molecule has 2 N–H and O–H groups in total. The number of ether oxygens (including phenoxy) is 1. The first-order valence-electron chi connectivity index (χ1n) is 11.8. The van der Waals surface area contributed by atoms with E-state index < -0.39 is 6.09 Å². The fraction of sp³-hybridized carbons (Fsp3) is 0.185. The number of hydrogen-bond donors (Lipinski definition) is 2. The molecular weight excluding hydrogens is 468 g/mol. The van der Waals surface area contributed by atoms with Crippen LogP contribution in [0.4, 0.5) is 10.5 Å². The largest absolute Gasteiger partial charge is 0.420 e. The number of carbonyl (C=O) groups is 1. The Bertz CT molecular complexity index is 1520. The van der Waals surface area contributed by atoms with Gasteiger partial charge in [-0.1, -0.05) is 35.5 Å². The van der Waals surface area contributed by atoms with Gasteiger partial charge in [0.05, 0.1) is 22.7 Å². The van der Waals surface area contributed by atoms with Gasteiger partial charge < -0.3 is 9.72 Å². The molecule has 1 unspecified atom stereocenters. The summed E-state index contributed by atoms with van der Waals surface area (Å²) < 4.78 is 5.79. The minimum absolute atomic E-state index is 0.280. The van der Waals surface area contributed by atoms with Crippen molar-refractivity contribution in [3.63, 3.8) is 0 Å². The SMILES string of the molecule is CC(Cc1nn[nH]n1)N(C(=O)Oc1ccc2nc(CCc3ccc(C#N)cc3)[nH]c2c1)c1ccccc1. The van der Waals surface area contributed by atoms with E-state index in [2.05, 4.69) is 36.7 Å². The van der Waals surface area contributed by atoms with Crippen molar-refractivity contribution < 1.29 is 9.53 Å². The Morgan fingerprint density at radius 1 is 1.08 bits per heavy atom. The van der Waals surface area contributed by atoms with Gasteiger partial charge in [0.2, 0.25) is 0 Å². The van der Waals surface area contributed by atoms with Gasteiger partial charge >= 0.3 is 6.09 Å². The van der Waals surface area contributed by atoms with Gasteiger partial charge in [-0.05, 0) is 55.3 Å². The Morgan fingerprint density at radius 2 is 1.89 bits per heavy atom. The van der Waals surface area contributed by atoms with Gasteiger partial charge in [-0.3, -0.25) is 4.90 Å². The van der Waals surface area contributed by atoms with E-state index in [4.69, 9.17) is 10.00 Å². The first-order chi connectivity index (χ1) is 18.1. The second-order valence-electron chi connectivity index (χ2n) is 8.63. The maximum absolute atomic E-state index is 13.3. The van der Waals surface area contributed by atoms with Crippen LogP contribution in [0.25, 0.3) is 11.0 Å². The third-order valence-electron chi connectivity index (χ3n) is 5.98. The van der Waals surface area contributed by atoms with Crippen molar-refractivity contribution in [1.82, 2.24) is 30.6 Å². The molecule has 184 valence electrons. The van der Waals surface area contributed by atoms with Crippen LogP contribution in [-0.4, -0.2) is 42.7 Å². The number of amides is 1. The lowest BCUT2D eigenvalue weighted by atomic mass is 10.1. The number of aryl methyl sites for hydroxylation is 2. The second-order valence-corrected chi connectivity index (χ2v) is 8.63. The monoisotopic (exact) mass is 492 g/mol. The second kappa shape index (κ2) is 10.7. The van der Waals surface area contributed by atoms with Crippen LogP contribution in [-0.2, 0) is 19.3 Å². The summed E-state index contributed by atoms with van der Waals surface area (Å²) in [4.78, 5) is 22.9. The topological polar surface area (TPSA) is 136 Å². The van der Waals surface area contributed by atoms with Crippen molar-refractivity contribution in [2.75, 3.05) is 4.90 Å². The first kappa shape index (κ1) is 23.7. The molecule has 10 nitrogen and oxygen atoms in total. The average molecular weight is 493 g/mol. The Kier molecular flexibility index (Phi) is 6.85. The van der Waals surface area contributed by atoms with Crippen molar-refractivity contribution in [3.8, 4) is 11.8 Å². The minimum atomic E-state index is -0.512. The summed E-state index contributed by atoms with van der Waals surface area (Å²) in [6, 6.07) is 24.1. The lowest BCUT2D eigenvalue weighted by Gasteiger charge is -2.27. The summed E-state index contributed by atoms with van der Waals surface area (Å²) in [6.07, 6.45) is 1.40. The maximum atomic E-state index is 13.3. The molecule has 2 aromatic heterocycles. The molecule has 5 aromatic rings. The fourth-order valence-corrected chi connectivity index (χ4v) is 4.14. The van der Waals surface area contributed by atoms with Crippen LogP contribution in [0.5, 0.6) is 5.75 Å². The van der Waals surface area contributed by atoms with Crippen LogP contribution in [0, 0.1) is 11.3 Å². The van der Waals surface area contributed by atoms with Crippen LogP contribution < -0.4 is 9.64 Å². The molecule has 1 amide bonds. The highest BCUT2D eigenvalue weighted by atomic mass is 16.6. The van der Waals surface area contributed by atoms with E-state index in [1.165, 1.54) is 0 Å². The maximum Gasteiger partial charge on any atom is 0.420 e. The fourth-order valence-electron chi connectivity index (χ4n) is 4.14. The summed E-state index contributed by atoms with van der Waals surface area (Å²) in [7, 11) is 0. The third kappa shape index (κ3) is 5.62. The summed E-state index contributed by atoms with van der Waals surface area (Å²) in [6.45, 7) is 1.91. The number of benzene rings is 3. The van der Waals surface area contributed by atoms with Crippen LogP contribution >= 0.6 is 0 Å². The van der Waals surface area contributed by atoms with E-state index in [1.54, 1.807) is 17.0 Å². The molecular formula is C27H24N8O2. The van der Waals surface area contributed by atoms with Crippen molar-refractivity contribution in [3.05, 3.63) is 95.6 Å². The lowest BCUT2D eigenvalue weighted by molar-refractivity contribution is 0.205. The molecule has 0 saturated heterocycles. The number of nitrogens with one attached hydrogen (secondary N) is 2. The van der Waals surface area contributed by atoms with Gasteiger partial charge in [0.25, 0.3) is 0 Å². The number of aromatic amines is 2. The van der Waals surface area contributed by atoms with E-state index in [0.717, 1.165) is 28.8 Å². The van der Waals surface area contributed by atoms with Crippen molar-refractivity contribution >= 4 is 22.8 Å². The van der Waals surface area contributed by atoms with Gasteiger partial charge in [-0.15, -0.1) is 10.2 Å². The number of para-hydroxylation sites is 1. The molecule has 1 atom stereocenters. The zero-order valence-electron chi connectivity index (χ0n) is 20.1. The summed E-state index contributed by atoms with van der Waals surface area (Å²) >= 11 is 0. The highest BCUT2D eigenvalue weighted by molar-refractivity contribution is 5.90. The predicted octanol–water partition coefficient (Wildman–Crippen LogP) is 4.37. The summed E-state index contributed by atoms with van der Waals surface area (Å²) in [5.74, 6) is 1.75. The van der Waals surface area contributed by atoms with E-state index in [9.17, 15) is 4.79 Å². The number of tetrazole rings is 1. The Labute approximate surface area is 212 Å². The molecule has 0 spiro atoms. The van der Waals surface area contributed by atoms with Gasteiger partial charge in [0.1, 0.15) is 11.6 Å². The van der Waals surface area contributed by atoms with Gasteiger partial charge in [0.15, 0.2) is 5.82 Å². The number of H-pyrrole nitrogens is 2. The van der Waals surface area contributed by atoms with Crippen molar-refractivity contribution in [2.24, 2.45) is 0 Å². The van der Waals surface area contributed by atoms with Crippen LogP contribution in [0.2, 0.25) is 0 Å². The zero-order chi connectivity index (χ0) is 25.6. The number of fused-ring (bicyclic) bond motifs is 1. The molecule has 3 aromatic carbocycles. The Balaban J connectivity index is 1.30. The van der Waals surface area contributed by atoms with Crippen molar-refractivity contribution in [1.29, 1.82) is 5.26 Å². The molecule has 5 rings (SSSR count). The number of aromatic nitrogens is 6. The van der Waals surface area contributed by atoms with E-state index in [0.29, 0.717) is 35.7 Å². The number of nitriles is 1. The smallest absolute Gasteiger partial charge is 0.410 e. The molecule has 0 fully saturated rings. The molecule has 0 aliphatic rings. The number of anilines is 1. The van der Waals surface area contributed by atoms with Crippen LogP contribution in [0.15, 0.2) is 72.8 Å². The van der Waals surface area contributed by atoms with E-state index in [1.807, 2.05) is 67.6 Å². The third-order valence-corrected chi connectivity index (χ3v) is 5.98. The Morgan fingerprint density at radius 3 is 2.62 bits per heavy atom. The molecule has 0 aliphatic heterocycles. The molecule has 2 heterocycles. The number of nitrogens with zero attached hydrogens (tertiary/aromatic N) is 6. The number of imidazole rings is 1. The molecule has 37 heavy (non-hydrogen) atoms. The van der Waals surface area contributed by atoms with Gasteiger partial charge in [-0.2, -0.15) is 10.5 Å². The minimum Gasteiger partial charge on any atom is -0.410 e. The van der Waals surface area contributed by atoms with E-state index in [-0.39, 0.29) is 6.04 Å². The standard InChI is InChI=1S/C27H24N8O2/c1-18(15-26-31-33-34-32-26)35(21-5-3-2-4-6-21)27(36)37-22-12-13-23-24(16-22)30-25(29-23)14-11-19-7-9-20(17-28)10-8-19/h2-10,12-13,16,18H,11,14-15H2,1H3,(H,29,30)(H,31,32,33,34). The molecule has 0 saturated carbocycles. The highest BCUT2D eigenvalue weighted by Crippen LogP contribution is 2.24. The van der Waals surface area contributed by atoms with Gasteiger partial charge in [-0.25, -0.2) is 9.78 Å². The molecule has 0 radical (unpaired) electrons. The molecule has 10 heteroatoms. The lowest BCUT2D eigenvalue weighted by Crippen LogP contribution is -2.42. The predicted molar refractivity (Wildman–Crippen MR) is 137 cm³/mol. The van der Waals surface area contributed by atoms with Crippen molar-refractivity contribution in [2.45, 2.75) is 32.2 Å². The summed E-state index contributed by atoms with van der Waals surface area (Å²) in [5.41, 5.74) is 4.05. The quantitative estimate of drug-likeness (QED) is 0.328. The normalized spacial score (nSPS) is 11.7. The van der Waals surface area contributed by atoms with E-state index >= 15 is 0 Å². The summed E-state index contributed by atoms with van der Waals surface area (Å²) in [5, 5.41) is 23.0. The highest BCUT2D eigenvalue weighted by Gasteiger charge is 2.25. The first-order valence-corrected chi connectivity index (χ1v) is 11.8. The Hall–Kier alpha value is -5.04. The molecule has 0 bridgehead atoms. The number of rotatable bonds is 8. The molecule has 0 aliphatic carbocycles. The average Bonchev–Trinajstić information content (AvgIpc) is 3.58. The number of hydrogen-bond acceptors (Lipinski definition) is 7. The number of carbonyl (C=O) groups excluding carboxylic acids is 1. The van der Waals surface area contributed by atoms with Crippen LogP contribution in [0.1, 0.15) is 29.7 Å². The zero-order valence-corrected chi connectivity index (χ0v) is 20.1. The van der Waals surface area contributed by atoms with Gasteiger partial charge in [0, 0.05) is 30.6 Å². The van der Waals surface area contributed by atoms with Crippen LogP contribution in [0.3, 0.4) is 0 Å².